The summed E-state index contributed by atoms with van der Waals surface area (Å²) in [6, 6.07) is 4.88. The third kappa shape index (κ3) is 2.47. The lowest BCUT2D eigenvalue weighted by Crippen LogP contribution is -2.55. The number of likely N-dealkylation sites (tertiary alicyclic amines) is 1. The first-order valence-corrected chi connectivity index (χ1v) is 5.87. The lowest BCUT2D eigenvalue weighted by molar-refractivity contribution is -0.122. The molecule has 1 amide bonds. The van der Waals surface area contributed by atoms with Gasteiger partial charge in [0.2, 0.25) is 5.88 Å². The van der Waals surface area contributed by atoms with E-state index in [1.807, 2.05) is 0 Å². The molecule has 0 aromatic carbocycles. The highest BCUT2D eigenvalue weighted by molar-refractivity contribution is 5.65. The molecule has 104 valence electrons. The summed E-state index contributed by atoms with van der Waals surface area (Å²) in [5, 5.41) is 29.4. The summed E-state index contributed by atoms with van der Waals surface area (Å²) in [6.45, 7) is -0.00743. The first kappa shape index (κ1) is 13.6. The van der Waals surface area contributed by atoms with Gasteiger partial charge in [0.1, 0.15) is 11.7 Å². The number of aromatic nitrogens is 1. The van der Waals surface area contributed by atoms with Gasteiger partial charge in [0.05, 0.1) is 19.3 Å². The Labute approximate surface area is 110 Å². The van der Waals surface area contributed by atoms with Crippen molar-refractivity contribution in [2.75, 3.05) is 20.2 Å². The van der Waals surface area contributed by atoms with Crippen molar-refractivity contribution in [3.8, 4) is 5.88 Å². The highest BCUT2D eigenvalue weighted by Crippen LogP contribution is 2.32. The van der Waals surface area contributed by atoms with E-state index in [-0.39, 0.29) is 25.2 Å². The number of pyridine rings is 1. The summed E-state index contributed by atoms with van der Waals surface area (Å²) >= 11 is 0. The lowest BCUT2D eigenvalue weighted by Gasteiger charge is -2.40. The van der Waals surface area contributed by atoms with Gasteiger partial charge in [-0.1, -0.05) is 6.07 Å². The predicted molar refractivity (Wildman–Crippen MR) is 64.9 cm³/mol. The van der Waals surface area contributed by atoms with Crippen molar-refractivity contribution in [3.05, 3.63) is 23.9 Å². The number of aliphatic hydroxyl groups excluding tert-OH is 1. The lowest BCUT2D eigenvalue weighted by atomic mass is 9.85. The van der Waals surface area contributed by atoms with E-state index < -0.39 is 17.8 Å². The molecular weight excluding hydrogens is 252 g/mol. The average Bonchev–Trinajstić information content (AvgIpc) is 2.41. The molecule has 2 heterocycles. The summed E-state index contributed by atoms with van der Waals surface area (Å²) in [4.78, 5) is 16.0. The zero-order valence-corrected chi connectivity index (χ0v) is 10.5. The smallest absolute Gasteiger partial charge is 0.407 e. The maximum atomic E-state index is 10.8. The van der Waals surface area contributed by atoms with Crippen LogP contribution in [-0.2, 0) is 5.60 Å². The van der Waals surface area contributed by atoms with Crippen LogP contribution >= 0.6 is 0 Å². The van der Waals surface area contributed by atoms with Gasteiger partial charge >= 0.3 is 6.09 Å². The third-order valence-electron chi connectivity index (χ3n) is 3.35. The van der Waals surface area contributed by atoms with Crippen LogP contribution in [0, 0.1) is 0 Å². The SMILES string of the molecule is COc1cccc([C@@]2(O)CCN(C(=O)O)C[C@@H]2O)n1. The molecule has 1 aliphatic heterocycles. The van der Waals surface area contributed by atoms with E-state index in [1.54, 1.807) is 18.2 Å². The van der Waals surface area contributed by atoms with Crippen LogP contribution in [0.5, 0.6) is 5.88 Å². The fourth-order valence-electron chi connectivity index (χ4n) is 2.17. The molecule has 2 atom stereocenters. The summed E-state index contributed by atoms with van der Waals surface area (Å²) in [7, 11) is 1.46. The van der Waals surface area contributed by atoms with Crippen molar-refractivity contribution >= 4 is 6.09 Å². The van der Waals surface area contributed by atoms with E-state index in [2.05, 4.69) is 4.98 Å². The van der Waals surface area contributed by atoms with Gasteiger partial charge in [-0.15, -0.1) is 0 Å². The number of β-amino-alcohol motifs (C(OH)–C–C–N with tert-alkyl or cyclic N) is 1. The Bertz CT molecular complexity index is 481. The molecule has 0 spiro atoms. The molecule has 1 aromatic heterocycles. The second-order valence-electron chi connectivity index (χ2n) is 4.48. The van der Waals surface area contributed by atoms with Gasteiger partial charge in [0.25, 0.3) is 0 Å². The molecular formula is C12H16N2O5. The normalized spacial score (nSPS) is 27.1. The zero-order valence-electron chi connectivity index (χ0n) is 10.5. The Kier molecular flexibility index (Phi) is 3.59. The molecule has 2 rings (SSSR count). The van der Waals surface area contributed by atoms with E-state index >= 15 is 0 Å². The van der Waals surface area contributed by atoms with Crippen molar-refractivity contribution < 1.29 is 24.9 Å². The number of hydrogen-bond donors (Lipinski definition) is 3. The highest BCUT2D eigenvalue weighted by Gasteiger charge is 2.44. The third-order valence-corrected chi connectivity index (χ3v) is 3.35. The number of aliphatic hydroxyl groups is 2. The predicted octanol–water partition coefficient (Wildman–Crippen LogP) is 0.0224. The van der Waals surface area contributed by atoms with Crippen LogP contribution in [0.2, 0.25) is 0 Å². The summed E-state index contributed by atoms with van der Waals surface area (Å²) < 4.78 is 4.98. The number of ether oxygens (including phenoxy) is 1. The van der Waals surface area contributed by atoms with Crippen molar-refractivity contribution in [1.29, 1.82) is 0 Å². The van der Waals surface area contributed by atoms with Gasteiger partial charge in [-0.3, -0.25) is 0 Å². The summed E-state index contributed by atoms with van der Waals surface area (Å²) in [5.74, 6) is 0.332. The van der Waals surface area contributed by atoms with Crippen LogP contribution < -0.4 is 4.74 Å². The van der Waals surface area contributed by atoms with Crippen LogP contribution in [0.4, 0.5) is 4.79 Å². The Morgan fingerprint density at radius 1 is 1.58 bits per heavy atom. The fourth-order valence-corrected chi connectivity index (χ4v) is 2.17. The Hall–Kier alpha value is -1.86. The van der Waals surface area contributed by atoms with E-state index in [1.165, 1.54) is 7.11 Å². The molecule has 1 aliphatic rings. The minimum atomic E-state index is -1.56. The van der Waals surface area contributed by atoms with E-state index in [0.717, 1.165) is 4.90 Å². The average molecular weight is 268 g/mol. The van der Waals surface area contributed by atoms with Crippen molar-refractivity contribution in [2.24, 2.45) is 0 Å². The molecule has 1 fully saturated rings. The van der Waals surface area contributed by atoms with Crippen LogP contribution in [0.25, 0.3) is 0 Å². The minimum Gasteiger partial charge on any atom is -0.481 e. The number of carbonyl (C=O) groups is 1. The molecule has 0 aliphatic carbocycles. The van der Waals surface area contributed by atoms with Gasteiger partial charge in [-0.2, -0.15) is 0 Å². The molecule has 0 unspecified atom stereocenters. The Morgan fingerprint density at radius 3 is 2.89 bits per heavy atom. The molecule has 0 bridgehead atoms. The van der Waals surface area contributed by atoms with Gasteiger partial charge in [-0.25, -0.2) is 9.78 Å². The molecule has 1 saturated heterocycles. The molecule has 19 heavy (non-hydrogen) atoms. The van der Waals surface area contributed by atoms with Crippen LogP contribution in [0.3, 0.4) is 0 Å². The van der Waals surface area contributed by atoms with Gasteiger partial charge in [-0.05, 0) is 6.07 Å². The standard InChI is InChI=1S/C12H16N2O5/c1-19-10-4-2-3-8(13-10)12(18)5-6-14(11(16)17)7-9(12)15/h2-4,9,15,18H,5-7H2,1H3,(H,16,17)/t9-,12-/m0/s1. The second kappa shape index (κ2) is 5.02. The molecule has 7 nitrogen and oxygen atoms in total. The number of rotatable bonds is 2. The number of hydrogen-bond acceptors (Lipinski definition) is 5. The van der Waals surface area contributed by atoms with E-state index in [4.69, 9.17) is 9.84 Å². The quantitative estimate of drug-likeness (QED) is 0.699. The fraction of sp³-hybridized carbons (Fsp3) is 0.500. The van der Waals surface area contributed by atoms with Crippen LogP contribution in [0.1, 0.15) is 12.1 Å². The molecule has 0 radical (unpaired) electrons. The summed E-state index contributed by atoms with van der Waals surface area (Å²) in [6.07, 6.45) is -2.25. The van der Waals surface area contributed by atoms with Gasteiger partial charge in [0, 0.05) is 19.0 Å². The monoisotopic (exact) mass is 268 g/mol. The van der Waals surface area contributed by atoms with Crippen molar-refractivity contribution in [3.63, 3.8) is 0 Å². The zero-order chi connectivity index (χ0) is 14.0. The van der Waals surface area contributed by atoms with Crippen LogP contribution in [-0.4, -0.2) is 57.6 Å². The van der Waals surface area contributed by atoms with Crippen molar-refractivity contribution in [1.82, 2.24) is 9.88 Å². The van der Waals surface area contributed by atoms with Gasteiger partial charge in [0.15, 0.2) is 0 Å². The first-order chi connectivity index (χ1) is 8.97. The number of piperidine rings is 1. The topological polar surface area (TPSA) is 103 Å². The van der Waals surface area contributed by atoms with Crippen LogP contribution in [0.15, 0.2) is 18.2 Å². The van der Waals surface area contributed by atoms with Gasteiger partial charge < -0.3 is 25.0 Å². The highest BCUT2D eigenvalue weighted by atomic mass is 16.5. The number of amides is 1. The summed E-state index contributed by atoms with van der Waals surface area (Å²) in [5.41, 5.74) is -1.27. The van der Waals surface area contributed by atoms with Crippen molar-refractivity contribution in [2.45, 2.75) is 18.1 Å². The Balaban J connectivity index is 2.25. The molecule has 7 heteroatoms. The Morgan fingerprint density at radius 2 is 2.32 bits per heavy atom. The largest absolute Gasteiger partial charge is 0.481 e. The number of carboxylic acid groups (broad SMARTS) is 1. The molecule has 1 aromatic rings. The maximum Gasteiger partial charge on any atom is 0.407 e. The molecule has 0 saturated carbocycles. The first-order valence-electron chi connectivity index (χ1n) is 5.87. The molecule has 3 N–H and O–H groups in total. The minimum absolute atomic E-state index is 0.0840. The second-order valence-corrected chi connectivity index (χ2v) is 4.48. The van der Waals surface area contributed by atoms with E-state index in [9.17, 15) is 15.0 Å². The van der Waals surface area contributed by atoms with E-state index in [0.29, 0.717) is 5.88 Å². The number of nitrogens with zero attached hydrogens (tertiary/aromatic N) is 2. The number of methoxy groups -OCH3 is 1. The maximum absolute atomic E-state index is 10.8.